The summed E-state index contributed by atoms with van der Waals surface area (Å²) >= 11 is 5.64. The Kier molecular flexibility index (Phi) is 8.36. The highest BCUT2D eigenvalue weighted by Crippen LogP contribution is 2.51. The maximum atomic E-state index is 14.0. The van der Waals surface area contributed by atoms with Crippen LogP contribution in [0.15, 0.2) is 36.4 Å². The molecule has 0 heterocycles. The standard InChI is InChI=1S/C31H33ClN4O8/c1-36(2)24-19-13-15-12-18-17(14-4-6-16(7-5-14)35-30(43)34-11-3-10-32)8-9-20(37)22(18)25(38)21(15)27(40)31(19,44)28(41)23(26(24)39)29(33)42/h4-9,15,19,21,23-24,37,44H,3,10-13H2,1-2H3,(H2,33,42)(H2,34,35,43)/t15-,19-,21?,23?,24?,31-/m1/s1. The molecule has 0 bridgehead atoms. The van der Waals surface area contributed by atoms with Crippen LogP contribution in [0.25, 0.3) is 11.1 Å². The number of nitrogens with two attached hydrogens (primary N) is 1. The van der Waals surface area contributed by atoms with E-state index >= 15 is 0 Å². The van der Waals surface area contributed by atoms with Crippen molar-refractivity contribution in [2.75, 3.05) is 31.8 Å². The van der Waals surface area contributed by atoms with Crippen molar-refractivity contribution in [2.24, 2.45) is 29.4 Å². The zero-order chi connectivity index (χ0) is 32.1. The van der Waals surface area contributed by atoms with Crippen LogP contribution in [-0.2, 0) is 25.6 Å². The molecule has 13 heteroatoms. The van der Waals surface area contributed by atoms with Crippen molar-refractivity contribution in [1.29, 1.82) is 0 Å². The number of rotatable bonds is 7. The van der Waals surface area contributed by atoms with Crippen LogP contribution in [0.3, 0.4) is 0 Å². The molecule has 5 rings (SSSR count). The van der Waals surface area contributed by atoms with Gasteiger partial charge in [0.2, 0.25) is 5.91 Å². The number of nitrogens with one attached hydrogen (secondary N) is 2. The van der Waals surface area contributed by atoms with Crippen LogP contribution in [0, 0.1) is 23.7 Å². The number of aliphatic hydroxyl groups is 1. The molecule has 44 heavy (non-hydrogen) atoms. The third kappa shape index (κ3) is 4.96. The number of aromatic hydroxyl groups is 1. The highest BCUT2D eigenvalue weighted by atomic mass is 35.5. The van der Waals surface area contributed by atoms with Crippen LogP contribution >= 0.6 is 11.6 Å². The number of anilines is 1. The Balaban J connectivity index is 1.51. The molecular formula is C31H33ClN4O8. The van der Waals surface area contributed by atoms with Gasteiger partial charge in [-0.15, -0.1) is 11.6 Å². The summed E-state index contributed by atoms with van der Waals surface area (Å²) in [5, 5.41) is 27.9. The first-order valence-electron chi connectivity index (χ1n) is 14.2. The molecule has 3 aliphatic carbocycles. The number of carbonyl (C=O) groups excluding carboxylic acids is 6. The van der Waals surface area contributed by atoms with E-state index in [4.69, 9.17) is 17.3 Å². The number of hydrogen-bond acceptors (Lipinski definition) is 9. The number of hydrogen-bond donors (Lipinski definition) is 5. The Bertz CT molecular complexity index is 1570. The van der Waals surface area contributed by atoms with E-state index in [9.17, 15) is 39.0 Å². The second-order valence-electron chi connectivity index (χ2n) is 11.8. The number of likely N-dealkylation sites (N-methyl/N-ethyl adjacent to an activating group) is 1. The number of primary amides is 1. The van der Waals surface area contributed by atoms with Gasteiger partial charge in [0.25, 0.3) is 0 Å². The number of benzene rings is 2. The number of ketones is 4. The lowest BCUT2D eigenvalue weighted by molar-refractivity contribution is -0.181. The number of Topliss-reactive ketones (excluding diaryl/α,β-unsaturated/α-hetero) is 4. The molecule has 3 aliphatic rings. The van der Waals surface area contributed by atoms with Gasteiger partial charge in [0.15, 0.2) is 34.7 Å². The number of urea groups is 1. The van der Waals surface area contributed by atoms with Gasteiger partial charge in [0.05, 0.1) is 17.5 Å². The topological polar surface area (TPSA) is 196 Å². The fraction of sp³-hybridized carbons (Fsp3) is 0.419. The van der Waals surface area contributed by atoms with E-state index in [0.717, 1.165) is 0 Å². The molecule has 0 aliphatic heterocycles. The number of phenols is 1. The van der Waals surface area contributed by atoms with Gasteiger partial charge in [-0.2, -0.15) is 0 Å². The Morgan fingerprint density at radius 2 is 1.75 bits per heavy atom. The molecule has 0 spiro atoms. The van der Waals surface area contributed by atoms with Crippen molar-refractivity contribution in [3.8, 4) is 16.9 Å². The average molecular weight is 625 g/mol. The molecule has 12 nitrogen and oxygen atoms in total. The Morgan fingerprint density at radius 1 is 1.07 bits per heavy atom. The van der Waals surface area contributed by atoms with E-state index in [2.05, 4.69) is 10.6 Å². The van der Waals surface area contributed by atoms with Crippen LogP contribution in [0.5, 0.6) is 5.75 Å². The monoisotopic (exact) mass is 624 g/mol. The fourth-order valence-corrected chi connectivity index (χ4v) is 7.19. The van der Waals surface area contributed by atoms with Crippen molar-refractivity contribution in [3.63, 3.8) is 0 Å². The first kappa shape index (κ1) is 31.3. The largest absolute Gasteiger partial charge is 0.507 e. The quantitative estimate of drug-likeness (QED) is 0.171. The normalized spacial score (nSPS) is 27.8. The van der Waals surface area contributed by atoms with Crippen LogP contribution in [0.4, 0.5) is 10.5 Å². The Morgan fingerprint density at radius 3 is 2.36 bits per heavy atom. The molecule has 6 atom stereocenters. The summed E-state index contributed by atoms with van der Waals surface area (Å²) in [6.07, 6.45) is 0.724. The third-order valence-electron chi connectivity index (χ3n) is 8.99. The summed E-state index contributed by atoms with van der Waals surface area (Å²) in [4.78, 5) is 80.2. The van der Waals surface area contributed by atoms with Gasteiger partial charge in [-0.3, -0.25) is 28.9 Å². The molecule has 2 saturated carbocycles. The highest BCUT2D eigenvalue weighted by molar-refractivity contribution is 6.32. The smallest absolute Gasteiger partial charge is 0.319 e. The summed E-state index contributed by atoms with van der Waals surface area (Å²) in [6, 6.07) is 8.28. The molecule has 2 aromatic carbocycles. The van der Waals surface area contributed by atoms with Gasteiger partial charge in [-0.25, -0.2) is 4.79 Å². The van der Waals surface area contributed by atoms with Crippen LogP contribution in [-0.4, -0.2) is 88.3 Å². The zero-order valence-corrected chi connectivity index (χ0v) is 24.9. The maximum absolute atomic E-state index is 14.0. The van der Waals surface area contributed by atoms with E-state index in [1.54, 1.807) is 30.3 Å². The average Bonchev–Trinajstić information content (AvgIpc) is 2.95. The number of amides is 3. The van der Waals surface area contributed by atoms with E-state index < -0.39 is 64.4 Å². The van der Waals surface area contributed by atoms with Gasteiger partial charge in [-0.1, -0.05) is 18.2 Å². The number of fused-ring (bicyclic) bond motifs is 3. The molecule has 2 fully saturated rings. The fourth-order valence-electron chi connectivity index (χ4n) is 7.05. The van der Waals surface area contributed by atoms with Crippen molar-refractivity contribution in [3.05, 3.63) is 47.5 Å². The molecule has 3 unspecified atom stereocenters. The van der Waals surface area contributed by atoms with E-state index in [1.165, 1.54) is 25.1 Å². The summed E-state index contributed by atoms with van der Waals surface area (Å²) in [5.41, 5.74) is 4.80. The van der Waals surface area contributed by atoms with Crippen LogP contribution in [0.2, 0.25) is 0 Å². The summed E-state index contributed by atoms with van der Waals surface area (Å²) < 4.78 is 0. The number of alkyl halides is 1. The minimum Gasteiger partial charge on any atom is -0.507 e. The maximum Gasteiger partial charge on any atom is 0.319 e. The second-order valence-corrected chi connectivity index (χ2v) is 12.2. The van der Waals surface area contributed by atoms with E-state index in [-0.39, 0.29) is 30.2 Å². The second kappa shape index (κ2) is 11.8. The summed E-state index contributed by atoms with van der Waals surface area (Å²) in [7, 11) is 3.07. The van der Waals surface area contributed by atoms with Crippen molar-refractivity contribution >= 4 is 52.4 Å². The number of phenolic OH excluding ortho intramolecular Hbond substituents is 1. The predicted octanol–water partition coefficient (Wildman–Crippen LogP) is 1.28. The molecule has 3 amide bonds. The Hall–Kier alpha value is -4.13. The van der Waals surface area contributed by atoms with Gasteiger partial charge in [0, 0.05) is 24.0 Å². The lowest BCUT2D eigenvalue weighted by Gasteiger charge is -2.52. The Labute approximate surface area is 257 Å². The van der Waals surface area contributed by atoms with E-state index in [0.29, 0.717) is 41.2 Å². The first-order valence-corrected chi connectivity index (χ1v) is 14.8. The molecule has 0 radical (unpaired) electrons. The SMILES string of the molecule is CN(C)C1C(=O)C(C(N)=O)C(=O)[C@]2(O)C(=O)C3C(=O)c4c(O)ccc(-c5ccc(NC(=O)NCCCCl)cc5)c4C[C@@H]3C[C@H]12. The molecular weight excluding hydrogens is 592 g/mol. The van der Waals surface area contributed by atoms with Crippen LogP contribution < -0.4 is 16.4 Å². The lowest BCUT2D eigenvalue weighted by atomic mass is 9.52. The number of halogens is 1. The van der Waals surface area contributed by atoms with Crippen molar-refractivity contribution < 1.29 is 39.0 Å². The molecule has 2 aromatic rings. The van der Waals surface area contributed by atoms with Crippen molar-refractivity contribution in [1.82, 2.24) is 10.2 Å². The van der Waals surface area contributed by atoms with Gasteiger partial charge in [0.1, 0.15) is 5.75 Å². The van der Waals surface area contributed by atoms with E-state index in [1.807, 2.05) is 0 Å². The molecule has 6 N–H and O–H groups in total. The highest BCUT2D eigenvalue weighted by Gasteiger charge is 2.69. The van der Waals surface area contributed by atoms with Crippen LogP contribution in [0.1, 0.15) is 28.8 Å². The van der Waals surface area contributed by atoms with Crippen molar-refractivity contribution in [2.45, 2.75) is 30.9 Å². The van der Waals surface area contributed by atoms with Gasteiger partial charge >= 0.3 is 6.03 Å². The molecule has 0 saturated heterocycles. The summed E-state index contributed by atoms with van der Waals surface area (Å²) in [6.45, 7) is 0.424. The van der Waals surface area contributed by atoms with Gasteiger partial charge in [-0.05, 0) is 74.2 Å². The molecule has 232 valence electrons. The van der Waals surface area contributed by atoms with Gasteiger partial charge < -0.3 is 26.6 Å². The lowest BCUT2D eigenvalue weighted by Crippen LogP contribution is -2.74. The third-order valence-corrected chi connectivity index (χ3v) is 9.26. The summed E-state index contributed by atoms with van der Waals surface area (Å²) in [5.74, 6) is -10.5. The minimum absolute atomic E-state index is 0.0410. The predicted molar refractivity (Wildman–Crippen MR) is 159 cm³/mol. The number of carbonyl (C=O) groups is 6. The minimum atomic E-state index is -2.77. The molecule has 0 aromatic heterocycles. The number of nitrogens with zero attached hydrogens (tertiary/aromatic N) is 1. The first-order chi connectivity index (χ1) is 20.8. The zero-order valence-electron chi connectivity index (χ0n) is 24.1.